The largest absolute Gasteiger partial charge is 0.355 e. The zero-order valence-corrected chi connectivity index (χ0v) is 16.0. The van der Waals surface area contributed by atoms with Gasteiger partial charge in [-0.15, -0.1) is 0 Å². The molecule has 26 heavy (non-hydrogen) atoms. The van der Waals surface area contributed by atoms with Gasteiger partial charge in [-0.3, -0.25) is 4.79 Å². The maximum Gasteiger partial charge on any atom is 0.220 e. The van der Waals surface area contributed by atoms with Crippen LogP contribution in [0.5, 0.6) is 0 Å². The summed E-state index contributed by atoms with van der Waals surface area (Å²) in [5.74, 6) is 2.06. The summed E-state index contributed by atoms with van der Waals surface area (Å²) in [5.41, 5.74) is 3.87. The van der Waals surface area contributed by atoms with E-state index in [1.807, 2.05) is 17.8 Å². The maximum absolute atomic E-state index is 12.1. The fraction of sp³-hybridized carbons (Fsp3) is 0.261. The van der Waals surface area contributed by atoms with Crippen LogP contribution in [0, 0.1) is 6.92 Å². The van der Waals surface area contributed by atoms with E-state index >= 15 is 0 Å². The highest BCUT2D eigenvalue weighted by Crippen LogP contribution is 2.19. The second kappa shape index (κ2) is 9.44. The van der Waals surface area contributed by atoms with Gasteiger partial charge in [-0.05, 0) is 35.2 Å². The fourth-order valence-corrected chi connectivity index (χ4v) is 3.80. The molecule has 3 aromatic carbocycles. The first-order valence-corrected chi connectivity index (χ1v) is 10.2. The van der Waals surface area contributed by atoms with Crippen LogP contribution >= 0.6 is 11.8 Å². The standard InChI is InChI=1S/C23H25NOS/c1-18-9-11-19(12-10-18)17-26-16-15-24-23(25)14-13-21-7-4-6-20-5-2-3-8-22(20)21/h2-12H,13-17H2,1H3,(H,24,25). The Morgan fingerprint density at radius 3 is 2.58 bits per heavy atom. The highest BCUT2D eigenvalue weighted by molar-refractivity contribution is 7.98. The van der Waals surface area contributed by atoms with Gasteiger partial charge in [-0.2, -0.15) is 11.8 Å². The molecule has 0 saturated heterocycles. The summed E-state index contributed by atoms with van der Waals surface area (Å²) in [4.78, 5) is 12.1. The Bertz CT molecular complexity index is 852. The molecule has 0 aromatic heterocycles. The Labute approximate surface area is 160 Å². The van der Waals surface area contributed by atoms with Gasteiger partial charge in [0.05, 0.1) is 0 Å². The van der Waals surface area contributed by atoms with E-state index in [4.69, 9.17) is 0 Å². The molecule has 0 atom stereocenters. The SMILES string of the molecule is Cc1ccc(CSCCNC(=O)CCc2cccc3ccccc23)cc1. The number of benzene rings is 3. The Hall–Kier alpha value is -2.26. The lowest BCUT2D eigenvalue weighted by Crippen LogP contribution is -2.25. The molecule has 134 valence electrons. The lowest BCUT2D eigenvalue weighted by atomic mass is 10.0. The predicted molar refractivity (Wildman–Crippen MR) is 113 cm³/mol. The van der Waals surface area contributed by atoms with E-state index in [2.05, 4.69) is 72.9 Å². The average molecular weight is 364 g/mol. The molecule has 0 aliphatic heterocycles. The van der Waals surface area contributed by atoms with Gasteiger partial charge in [0.15, 0.2) is 0 Å². The molecule has 0 bridgehead atoms. The van der Waals surface area contributed by atoms with Crippen molar-refractivity contribution in [3.8, 4) is 0 Å². The van der Waals surface area contributed by atoms with Crippen LogP contribution < -0.4 is 5.32 Å². The van der Waals surface area contributed by atoms with E-state index in [1.165, 1.54) is 27.5 Å². The number of fused-ring (bicyclic) bond motifs is 1. The summed E-state index contributed by atoms with van der Waals surface area (Å²) in [6, 6.07) is 23.3. The van der Waals surface area contributed by atoms with Gasteiger partial charge in [-0.1, -0.05) is 72.3 Å². The summed E-state index contributed by atoms with van der Waals surface area (Å²) < 4.78 is 0. The van der Waals surface area contributed by atoms with Gasteiger partial charge >= 0.3 is 0 Å². The average Bonchev–Trinajstić information content (AvgIpc) is 2.67. The molecule has 3 rings (SSSR count). The zero-order chi connectivity index (χ0) is 18.2. The zero-order valence-electron chi connectivity index (χ0n) is 15.2. The highest BCUT2D eigenvalue weighted by atomic mass is 32.2. The third-order valence-corrected chi connectivity index (χ3v) is 5.49. The van der Waals surface area contributed by atoms with Crippen molar-refractivity contribution in [1.82, 2.24) is 5.32 Å². The Morgan fingerprint density at radius 2 is 1.73 bits per heavy atom. The van der Waals surface area contributed by atoms with Crippen molar-refractivity contribution in [3.63, 3.8) is 0 Å². The molecule has 0 aliphatic carbocycles. The van der Waals surface area contributed by atoms with Crippen LogP contribution in [0.2, 0.25) is 0 Å². The number of thioether (sulfide) groups is 1. The molecule has 3 aromatic rings. The lowest BCUT2D eigenvalue weighted by Gasteiger charge is -2.08. The van der Waals surface area contributed by atoms with Gasteiger partial charge in [0, 0.05) is 24.5 Å². The van der Waals surface area contributed by atoms with Crippen molar-refractivity contribution in [1.29, 1.82) is 0 Å². The number of carbonyl (C=O) groups is 1. The number of hydrogen-bond acceptors (Lipinski definition) is 2. The summed E-state index contributed by atoms with van der Waals surface area (Å²) in [7, 11) is 0. The Balaban J connectivity index is 1.37. The first-order chi connectivity index (χ1) is 12.7. The maximum atomic E-state index is 12.1. The highest BCUT2D eigenvalue weighted by Gasteiger charge is 2.05. The third kappa shape index (κ3) is 5.37. The summed E-state index contributed by atoms with van der Waals surface area (Å²) in [6.07, 6.45) is 1.32. The number of rotatable bonds is 8. The molecule has 0 radical (unpaired) electrons. The van der Waals surface area contributed by atoms with E-state index in [1.54, 1.807) is 0 Å². The third-order valence-electron chi connectivity index (χ3n) is 4.46. The van der Waals surface area contributed by atoms with Crippen LogP contribution in [-0.2, 0) is 17.0 Å². The number of carbonyl (C=O) groups excluding carboxylic acids is 1. The predicted octanol–water partition coefficient (Wildman–Crippen LogP) is 5.13. The lowest BCUT2D eigenvalue weighted by molar-refractivity contribution is -0.120. The van der Waals surface area contributed by atoms with Crippen molar-refractivity contribution in [2.24, 2.45) is 0 Å². The van der Waals surface area contributed by atoms with Gasteiger partial charge in [-0.25, -0.2) is 0 Å². The summed E-state index contributed by atoms with van der Waals surface area (Å²) >= 11 is 1.86. The van der Waals surface area contributed by atoms with E-state index < -0.39 is 0 Å². The minimum absolute atomic E-state index is 0.133. The molecule has 0 saturated carbocycles. The van der Waals surface area contributed by atoms with Crippen molar-refractivity contribution >= 4 is 28.4 Å². The van der Waals surface area contributed by atoms with E-state index in [-0.39, 0.29) is 5.91 Å². The van der Waals surface area contributed by atoms with Gasteiger partial charge in [0.1, 0.15) is 0 Å². The van der Waals surface area contributed by atoms with Crippen LogP contribution in [-0.4, -0.2) is 18.2 Å². The Morgan fingerprint density at radius 1 is 0.962 bits per heavy atom. The van der Waals surface area contributed by atoms with Gasteiger partial charge in [0.25, 0.3) is 0 Å². The monoisotopic (exact) mass is 363 g/mol. The van der Waals surface area contributed by atoms with Crippen molar-refractivity contribution in [2.45, 2.75) is 25.5 Å². The van der Waals surface area contributed by atoms with Crippen LogP contribution in [0.1, 0.15) is 23.1 Å². The normalized spacial score (nSPS) is 10.8. The Kier molecular flexibility index (Phi) is 6.73. The van der Waals surface area contributed by atoms with E-state index in [9.17, 15) is 4.79 Å². The summed E-state index contributed by atoms with van der Waals surface area (Å²) in [6.45, 7) is 2.83. The van der Waals surface area contributed by atoms with Crippen molar-refractivity contribution in [2.75, 3.05) is 12.3 Å². The molecule has 0 unspecified atom stereocenters. The number of aryl methyl sites for hydroxylation is 2. The second-order valence-corrected chi connectivity index (χ2v) is 7.63. The molecular formula is C23H25NOS. The first-order valence-electron chi connectivity index (χ1n) is 9.09. The van der Waals surface area contributed by atoms with E-state index in [0.717, 1.165) is 24.5 Å². The smallest absolute Gasteiger partial charge is 0.220 e. The first kappa shape index (κ1) is 18.5. The van der Waals surface area contributed by atoms with Crippen molar-refractivity contribution < 1.29 is 4.79 Å². The minimum atomic E-state index is 0.133. The number of amides is 1. The van der Waals surface area contributed by atoms with Crippen molar-refractivity contribution in [3.05, 3.63) is 83.4 Å². The van der Waals surface area contributed by atoms with Crippen LogP contribution in [0.4, 0.5) is 0 Å². The minimum Gasteiger partial charge on any atom is -0.355 e. The molecule has 0 aliphatic rings. The number of hydrogen-bond donors (Lipinski definition) is 1. The summed E-state index contributed by atoms with van der Waals surface area (Å²) in [5, 5.41) is 5.52. The molecule has 0 heterocycles. The van der Waals surface area contributed by atoms with Crippen LogP contribution in [0.15, 0.2) is 66.7 Å². The van der Waals surface area contributed by atoms with Crippen LogP contribution in [0.3, 0.4) is 0 Å². The number of nitrogens with one attached hydrogen (secondary N) is 1. The molecule has 0 fully saturated rings. The quantitative estimate of drug-likeness (QED) is 0.562. The molecule has 1 N–H and O–H groups in total. The fourth-order valence-electron chi connectivity index (χ4n) is 2.98. The topological polar surface area (TPSA) is 29.1 Å². The molecular weight excluding hydrogens is 338 g/mol. The molecule has 1 amide bonds. The van der Waals surface area contributed by atoms with Crippen LogP contribution in [0.25, 0.3) is 10.8 Å². The molecule has 2 nitrogen and oxygen atoms in total. The molecule has 0 spiro atoms. The second-order valence-electron chi connectivity index (χ2n) is 6.53. The van der Waals surface area contributed by atoms with Gasteiger partial charge in [0.2, 0.25) is 5.91 Å². The molecule has 3 heteroatoms. The van der Waals surface area contributed by atoms with E-state index in [0.29, 0.717) is 6.42 Å². The van der Waals surface area contributed by atoms with Gasteiger partial charge < -0.3 is 5.32 Å².